The molecule has 2 aromatic carbocycles. The Morgan fingerprint density at radius 2 is 1.77 bits per heavy atom. The first-order valence-corrected chi connectivity index (χ1v) is 16.5. The monoisotopic (exact) mass is 654 g/mol. The zero-order chi connectivity index (χ0) is 32.7. The average molecular weight is 655 g/mol. The van der Waals surface area contributed by atoms with Crippen LogP contribution in [0.2, 0.25) is 5.02 Å². The second-order valence-corrected chi connectivity index (χ2v) is 13.8. The number of piperidine rings is 1. The third-order valence-corrected chi connectivity index (χ3v) is 9.07. The zero-order valence-electron chi connectivity index (χ0n) is 26.8. The number of hydrogen-bond acceptors (Lipinski definition) is 7. The number of ether oxygens (including phenoxy) is 1. The van der Waals surface area contributed by atoms with Crippen LogP contribution in [-0.4, -0.2) is 48.6 Å². The van der Waals surface area contributed by atoms with E-state index >= 15 is 0 Å². The Hall–Kier alpha value is -4.77. The second-order valence-electron chi connectivity index (χ2n) is 13.3. The number of aromatic nitrogens is 5. The summed E-state index contributed by atoms with van der Waals surface area (Å²) in [7, 11) is 0. The van der Waals surface area contributed by atoms with Crippen molar-refractivity contribution in [2.75, 3.05) is 23.3 Å². The van der Waals surface area contributed by atoms with E-state index in [9.17, 15) is 9.90 Å². The zero-order valence-corrected chi connectivity index (χ0v) is 27.5. The van der Waals surface area contributed by atoms with E-state index in [1.165, 1.54) is 12.5 Å². The first-order chi connectivity index (χ1) is 22.6. The van der Waals surface area contributed by atoms with E-state index < -0.39 is 0 Å². The van der Waals surface area contributed by atoms with Gasteiger partial charge in [0.1, 0.15) is 23.4 Å². The van der Waals surface area contributed by atoms with E-state index in [1.807, 2.05) is 47.0 Å². The summed E-state index contributed by atoms with van der Waals surface area (Å²) in [6.07, 6.45) is 6.78. The van der Waals surface area contributed by atoms with Gasteiger partial charge in [0, 0.05) is 35.7 Å². The third kappa shape index (κ3) is 6.44. The molecule has 1 aliphatic carbocycles. The SMILES string of the molecule is CC(C)(C)c1cc(NC(=O)N[C@H]2CC[C@@H](Oc3ccc4nnc(N5CCCCC5)n4c3)c3ccccc32)n(-c2cc(O)cc(Cl)c2)n1. The quantitative estimate of drug-likeness (QED) is 0.175. The van der Waals surface area contributed by atoms with Crippen LogP contribution in [0.15, 0.2) is 66.9 Å². The number of carbonyl (C=O) groups excluding carboxylic acids is 1. The normalized spacial score (nSPS) is 18.2. The molecule has 12 heteroatoms. The predicted molar refractivity (Wildman–Crippen MR) is 182 cm³/mol. The summed E-state index contributed by atoms with van der Waals surface area (Å²) in [5.74, 6) is 2.07. The first-order valence-electron chi connectivity index (χ1n) is 16.2. The number of rotatable bonds is 6. The van der Waals surface area contributed by atoms with Gasteiger partial charge in [-0.1, -0.05) is 56.6 Å². The molecule has 2 amide bonds. The lowest BCUT2D eigenvalue weighted by Gasteiger charge is -2.32. The second kappa shape index (κ2) is 12.4. The van der Waals surface area contributed by atoms with Crippen LogP contribution in [0.1, 0.15) is 81.8 Å². The minimum atomic E-state index is -0.361. The lowest BCUT2D eigenvalue weighted by atomic mass is 9.85. The van der Waals surface area contributed by atoms with Gasteiger partial charge >= 0.3 is 6.03 Å². The Labute approximate surface area is 278 Å². The molecule has 3 aromatic heterocycles. The molecule has 1 saturated heterocycles. The molecule has 1 fully saturated rings. The number of aromatic hydroxyl groups is 1. The van der Waals surface area contributed by atoms with Gasteiger partial charge in [0.05, 0.1) is 23.6 Å². The summed E-state index contributed by atoms with van der Waals surface area (Å²) in [6.45, 7) is 8.11. The minimum Gasteiger partial charge on any atom is -0.508 e. The molecule has 1 aliphatic heterocycles. The van der Waals surface area contributed by atoms with Crippen molar-refractivity contribution >= 4 is 35.0 Å². The molecule has 244 valence electrons. The molecule has 0 radical (unpaired) electrons. The van der Waals surface area contributed by atoms with Gasteiger partial charge < -0.3 is 20.1 Å². The van der Waals surface area contributed by atoms with Gasteiger partial charge in [0.25, 0.3) is 0 Å². The van der Waals surface area contributed by atoms with E-state index in [-0.39, 0.29) is 29.3 Å². The van der Waals surface area contributed by atoms with Gasteiger partial charge in [-0.05, 0) is 67.5 Å². The Morgan fingerprint density at radius 3 is 2.53 bits per heavy atom. The fourth-order valence-corrected chi connectivity index (χ4v) is 6.67. The van der Waals surface area contributed by atoms with Crippen molar-refractivity contribution < 1.29 is 14.6 Å². The number of benzene rings is 2. The average Bonchev–Trinajstić information content (AvgIpc) is 3.67. The minimum absolute atomic E-state index is 0.00958. The van der Waals surface area contributed by atoms with E-state index in [0.717, 1.165) is 66.5 Å². The maximum atomic E-state index is 13.5. The fraction of sp³-hybridized carbons (Fsp3) is 0.371. The molecule has 11 nitrogen and oxygen atoms in total. The van der Waals surface area contributed by atoms with Gasteiger partial charge in [0.2, 0.25) is 5.95 Å². The van der Waals surface area contributed by atoms with Crippen LogP contribution >= 0.6 is 11.6 Å². The van der Waals surface area contributed by atoms with Gasteiger partial charge in [-0.15, -0.1) is 10.2 Å². The summed E-state index contributed by atoms with van der Waals surface area (Å²) in [6, 6.07) is 18.0. The van der Waals surface area contributed by atoms with Crippen LogP contribution in [0.4, 0.5) is 16.6 Å². The number of nitrogens with one attached hydrogen (secondary N) is 2. The molecule has 0 unspecified atom stereocenters. The summed E-state index contributed by atoms with van der Waals surface area (Å²) in [5.41, 5.74) is 3.89. The molecule has 0 bridgehead atoms. The number of carbonyl (C=O) groups is 1. The lowest BCUT2D eigenvalue weighted by molar-refractivity contribution is 0.171. The number of hydrogen-bond donors (Lipinski definition) is 3. The smallest absolute Gasteiger partial charge is 0.320 e. The highest BCUT2D eigenvalue weighted by molar-refractivity contribution is 6.30. The highest BCUT2D eigenvalue weighted by atomic mass is 35.5. The Morgan fingerprint density at radius 1 is 0.979 bits per heavy atom. The third-order valence-electron chi connectivity index (χ3n) is 8.85. The molecule has 2 atom stereocenters. The van der Waals surface area contributed by atoms with Gasteiger partial charge in [-0.2, -0.15) is 5.10 Å². The molecule has 7 rings (SSSR count). The highest BCUT2D eigenvalue weighted by Gasteiger charge is 2.30. The topological polar surface area (TPSA) is 122 Å². The number of pyridine rings is 1. The number of halogens is 1. The van der Waals surface area contributed by atoms with Crippen molar-refractivity contribution in [3.05, 3.63) is 88.7 Å². The number of amides is 2. The number of phenolic OH excluding ortho intramolecular Hbond substituents is 1. The van der Waals surface area contributed by atoms with Gasteiger partial charge in [0.15, 0.2) is 5.65 Å². The Balaban J connectivity index is 1.09. The van der Waals surface area contributed by atoms with Crippen molar-refractivity contribution in [2.24, 2.45) is 0 Å². The largest absolute Gasteiger partial charge is 0.508 e. The summed E-state index contributed by atoms with van der Waals surface area (Å²) in [4.78, 5) is 15.8. The number of phenols is 1. The maximum absolute atomic E-state index is 13.5. The number of fused-ring (bicyclic) bond motifs is 2. The summed E-state index contributed by atoms with van der Waals surface area (Å²) >= 11 is 6.23. The van der Waals surface area contributed by atoms with Crippen molar-refractivity contribution in [3.8, 4) is 17.2 Å². The van der Waals surface area contributed by atoms with Crippen LogP contribution in [-0.2, 0) is 5.41 Å². The molecular weight excluding hydrogens is 616 g/mol. The van der Waals surface area contributed by atoms with E-state index in [0.29, 0.717) is 22.9 Å². The lowest BCUT2D eigenvalue weighted by Crippen LogP contribution is -2.36. The molecule has 2 aliphatic rings. The van der Waals surface area contributed by atoms with Crippen molar-refractivity contribution in [1.29, 1.82) is 0 Å². The summed E-state index contributed by atoms with van der Waals surface area (Å²) < 4.78 is 10.2. The number of nitrogens with zero attached hydrogens (tertiary/aromatic N) is 6. The van der Waals surface area contributed by atoms with Crippen molar-refractivity contribution in [2.45, 2.75) is 70.4 Å². The van der Waals surface area contributed by atoms with E-state index in [2.05, 4.69) is 52.6 Å². The van der Waals surface area contributed by atoms with Crippen LogP contribution in [0.25, 0.3) is 11.3 Å². The van der Waals surface area contributed by atoms with Crippen LogP contribution in [0.3, 0.4) is 0 Å². The van der Waals surface area contributed by atoms with Crippen LogP contribution in [0, 0.1) is 0 Å². The van der Waals surface area contributed by atoms with Crippen LogP contribution < -0.4 is 20.3 Å². The number of urea groups is 1. The van der Waals surface area contributed by atoms with Gasteiger partial charge in [-0.25, -0.2) is 9.48 Å². The molecule has 3 N–H and O–H groups in total. The highest BCUT2D eigenvalue weighted by Crippen LogP contribution is 2.39. The van der Waals surface area contributed by atoms with E-state index in [4.69, 9.17) is 21.4 Å². The molecular formula is C35H39ClN8O3. The molecule has 47 heavy (non-hydrogen) atoms. The molecule has 4 heterocycles. The summed E-state index contributed by atoms with van der Waals surface area (Å²) in [5, 5.41) is 30.3. The maximum Gasteiger partial charge on any atom is 0.320 e. The molecule has 5 aromatic rings. The number of anilines is 2. The first kappa shape index (κ1) is 30.9. The standard InChI is InChI=1S/C35H39ClN8O3/c1-35(2,3)30-20-32(44(41-30)23-17-22(36)18-24(45)19-23)38-33(46)37-28-12-13-29(27-10-6-5-9-26(27)28)47-25-11-14-31-39-40-34(43(31)21-25)42-15-7-4-8-16-42/h5-6,9-11,14,17-21,28-29,45H,4,7-8,12-13,15-16H2,1-3H3,(H2,37,38,46)/t28-,29+/m0/s1. The Kier molecular flexibility index (Phi) is 8.17. The predicted octanol–water partition coefficient (Wildman–Crippen LogP) is 7.34. The van der Waals surface area contributed by atoms with Gasteiger partial charge in [-0.3, -0.25) is 9.72 Å². The fourth-order valence-electron chi connectivity index (χ4n) is 6.45. The van der Waals surface area contributed by atoms with Crippen molar-refractivity contribution in [3.63, 3.8) is 0 Å². The Bertz CT molecular complexity index is 1900. The van der Waals surface area contributed by atoms with E-state index in [1.54, 1.807) is 16.8 Å². The van der Waals surface area contributed by atoms with Crippen LogP contribution in [0.5, 0.6) is 11.5 Å². The molecule has 0 saturated carbocycles. The molecule has 0 spiro atoms. The van der Waals surface area contributed by atoms with Crippen molar-refractivity contribution in [1.82, 2.24) is 29.7 Å².